The zero-order valence-corrected chi connectivity index (χ0v) is 16.2. The van der Waals surface area contributed by atoms with E-state index in [4.69, 9.17) is 24.4 Å². The maximum Gasteiger partial charge on any atom is 0.0792 e. The maximum absolute atomic E-state index is 5.19. The van der Waals surface area contributed by atoms with E-state index in [-0.39, 0.29) is 0 Å². The maximum atomic E-state index is 5.19. The topological polar surface area (TPSA) is 6.48 Å². The lowest BCUT2D eigenvalue weighted by Crippen LogP contribution is -2.28. The van der Waals surface area contributed by atoms with Crippen LogP contribution in [0.3, 0.4) is 0 Å². The lowest BCUT2D eigenvalue weighted by atomic mass is 10.2. The highest BCUT2D eigenvalue weighted by Crippen LogP contribution is 2.21. The highest BCUT2D eigenvalue weighted by molar-refractivity contribution is 7.74. The van der Waals surface area contributed by atoms with Crippen molar-refractivity contribution < 1.29 is 0 Å². The molecule has 1 aromatic rings. The van der Waals surface area contributed by atoms with Crippen LogP contribution in [0.25, 0.3) is 0 Å². The molecule has 0 bridgehead atoms. The molecule has 0 unspecified atom stereocenters. The van der Waals surface area contributed by atoms with Gasteiger partial charge in [0.05, 0.1) is 14.7 Å². The van der Waals surface area contributed by atoms with Gasteiger partial charge in [-0.25, -0.2) is 0 Å². The van der Waals surface area contributed by atoms with E-state index < -0.39 is 0 Å². The summed E-state index contributed by atoms with van der Waals surface area (Å²) in [5.74, 6) is 0. The van der Waals surface area contributed by atoms with Crippen molar-refractivity contribution in [3.8, 4) is 0 Å². The molecule has 0 spiro atoms. The summed E-state index contributed by atoms with van der Waals surface area (Å²) in [6, 6.07) is 2.00. The Kier molecular flexibility index (Phi) is 15.5. The molecule has 0 heterocycles. The van der Waals surface area contributed by atoms with Crippen LogP contribution in [-0.4, -0.2) is 38.1 Å². The van der Waals surface area contributed by atoms with E-state index in [1.807, 2.05) is 26.8 Å². The van der Waals surface area contributed by atoms with Gasteiger partial charge in [0.1, 0.15) is 0 Å². The summed E-state index contributed by atoms with van der Waals surface area (Å²) in [5.41, 5.74) is 1.14. The van der Waals surface area contributed by atoms with Crippen molar-refractivity contribution in [1.82, 2.24) is 4.90 Å². The SMILES string of the molecule is C=CC.CC.CCN(CC)CCCN(C)c1cc(=S)c1=S. The van der Waals surface area contributed by atoms with Crippen LogP contribution in [0.1, 0.15) is 41.0 Å². The molecule has 1 rings (SSSR count). The molecular formula is C17H32N2S2. The van der Waals surface area contributed by atoms with Crippen molar-refractivity contribution >= 4 is 30.1 Å². The van der Waals surface area contributed by atoms with Crippen LogP contribution in [-0.2, 0) is 0 Å². The van der Waals surface area contributed by atoms with Gasteiger partial charge >= 0.3 is 0 Å². The van der Waals surface area contributed by atoms with Crippen LogP contribution in [0.4, 0.5) is 5.69 Å². The molecule has 0 fully saturated rings. The Labute approximate surface area is 142 Å². The summed E-state index contributed by atoms with van der Waals surface area (Å²) in [7, 11) is 2.09. The van der Waals surface area contributed by atoms with Crippen LogP contribution in [0, 0.1) is 9.02 Å². The van der Waals surface area contributed by atoms with Gasteiger partial charge in [-0.05, 0) is 39.0 Å². The summed E-state index contributed by atoms with van der Waals surface area (Å²) in [6.45, 7) is 18.1. The second kappa shape index (κ2) is 14.4. The number of hydrogen-bond acceptors (Lipinski definition) is 4. The first kappa shape index (κ1) is 22.7. The van der Waals surface area contributed by atoms with Gasteiger partial charge in [-0.2, -0.15) is 0 Å². The molecule has 0 saturated heterocycles. The first-order valence-corrected chi connectivity index (χ1v) is 8.64. The minimum absolute atomic E-state index is 0.834. The molecule has 0 radical (unpaired) electrons. The second-order valence-corrected chi connectivity index (χ2v) is 5.28. The van der Waals surface area contributed by atoms with Crippen molar-refractivity contribution in [2.75, 3.05) is 38.1 Å². The lowest BCUT2D eigenvalue weighted by molar-refractivity contribution is 0.301. The van der Waals surface area contributed by atoms with Gasteiger partial charge in [-0.1, -0.05) is 58.2 Å². The Morgan fingerprint density at radius 3 is 1.95 bits per heavy atom. The molecule has 0 aliphatic heterocycles. The number of anilines is 1. The Hall–Kier alpha value is -0.580. The van der Waals surface area contributed by atoms with E-state index in [0.717, 1.165) is 40.9 Å². The zero-order chi connectivity index (χ0) is 16.8. The number of rotatable bonds is 7. The normalized spacial score (nSPS) is 9.48. The summed E-state index contributed by atoms with van der Waals surface area (Å²) in [5, 5.41) is 0. The van der Waals surface area contributed by atoms with E-state index in [1.54, 1.807) is 6.08 Å². The van der Waals surface area contributed by atoms with E-state index >= 15 is 0 Å². The Morgan fingerprint density at radius 2 is 1.62 bits per heavy atom. The van der Waals surface area contributed by atoms with Crippen LogP contribution in [0.15, 0.2) is 18.7 Å². The van der Waals surface area contributed by atoms with Crippen LogP contribution in [0.5, 0.6) is 0 Å². The van der Waals surface area contributed by atoms with Gasteiger partial charge in [0.15, 0.2) is 0 Å². The summed E-state index contributed by atoms with van der Waals surface area (Å²) in [4.78, 5) is 4.65. The fourth-order valence-electron chi connectivity index (χ4n) is 1.78. The molecule has 0 aromatic heterocycles. The van der Waals surface area contributed by atoms with Crippen molar-refractivity contribution in [1.29, 1.82) is 0 Å². The third kappa shape index (κ3) is 9.12. The third-order valence-corrected chi connectivity index (χ3v) is 3.88. The lowest BCUT2D eigenvalue weighted by Gasteiger charge is -2.23. The van der Waals surface area contributed by atoms with E-state index in [9.17, 15) is 0 Å². The average Bonchev–Trinajstić information content (AvgIpc) is 2.51. The predicted octanol–water partition coefficient (Wildman–Crippen LogP) is 5.41. The second-order valence-electron chi connectivity index (χ2n) is 4.43. The number of hydrogen-bond donors (Lipinski definition) is 0. The van der Waals surface area contributed by atoms with Crippen LogP contribution < -0.4 is 4.90 Å². The van der Waals surface area contributed by atoms with Crippen LogP contribution >= 0.6 is 24.4 Å². The number of nitrogens with zero attached hydrogens (tertiary/aromatic N) is 2. The standard InChI is InChI=1S/C12H20N2S2.C3H6.C2H6/c1-4-14(5-2)8-6-7-13(3)10-9-11(15)12(10)16;1-3-2;1-2/h9H,4-8H2,1-3H3;3H,1H2,2H3;1-2H3. The third-order valence-electron chi connectivity index (χ3n) is 3.00. The van der Waals surface area contributed by atoms with Gasteiger partial charge in [-0.15, -0.1) is 6.58 Å². The summed E-state index contributed by atoms with van der Waals surface area (Å²) < 4.78 is 1.70. The van der Waals surface area contributed by atoms with Gasteiger partial charge in [0.2, 0.25) is 0 Å². The minimum Gasteiger partial charge on any atom is -0.373 e. The van der Waals surface area contributed by atoms with Gasteiger partial charge < -0.3 is 9.80 Å². The average molecular weight is 329 g/mol. The molecule has 122 valence electrons. The monoisotopic (exact) mass is 328 g/mol. The molecule has 0 atom stereocenters. The van der Waals surface area contributed by atoms with Gasteiger partial charge in [-0.3, -0.25) is 0 Å². The summed E-state index contributed by atoms with van der Waals surface area (Å²) in [6.07, 6.45) is 2.92. The molecule has 0 aliphatic rings. The highest BCUT2D eigenvalue weighted by Gasteiger charge is 2.08. The molecule has 0 aliphatic carbocycles. The molecule has 21 heavy (non-hydrogen) atoms. The fourth-order valence-corrected chi connectivity index (χ4v) is 2.27. The quantitative estimate of drug-likeness (QED) is 0.487. The molecule has 0 N–H and O–H groups in total. The van der Waals surface area contributed by atoms with E-state index in [2.05, 4.69) is 37.3 Å². The molecule has 2 nitrogen and oxygen atoms in total. The highest BCUT2D eigenvalue weighted by atomic mass is 32.1. The molecular weight excluding hydrogens is 296 g/mol. The Bertz CT molecular complexity index is 430. The molecule has 0 amide bonds. The fraction of sp³-hybridized carbons (Fsp3) is 0.647. The minimum atomic E-state index is 0.834. The molecule has 1 aromatic carbocycles. The van der Waals surface area contributed by atoms with Crippen molar-refractivity contribution in [3.63, 3.8) is 0 Å². The molecule has 0 saturated carbocycles. The van der Waals surface area contributed by atoms with Crippen molar-refractivity contribution in [2.45, 2.75) is 41.0 Å². The van der Waals surface area contributed by atoms with Gasteiger partial charge in [0, 0.05) is 13.6 Å². The smallest absolute Gasteiger partial charge is 0.0792 e. The van der Waals surface area contributed by atoms with Crippen molar-refractivity contribution in [3.05, 3.63) is 27.7 Å². The summed E-state index contributed by atoms with van der Waals surface area (Å²) >= 11 is 10.2. The van der Waals surface area contributed by atoms with Crippen LogP contribution in [0.2, 0.25) is 0 Å². The first-order chi connectivity index (χ1) is 10.0. The number of allylic oxidation sites excluding steroid dienone is 1. The Balaban J connectivity index is 0. The first-order valence-electron chi connectivity index (χ1n) is 7.82. The Morgan fingerprint density at radius 1 is 1.14 bits per heavy atom. The largest absolute Gasteiger partial charge is 0.373 e. The van der Waals surface area contributed by atoms with Gasteiger partial charge in [0.25, 0.3) is 0 Å². The van der Waals surface area contributed by atoms with E-state index in [1.165, 1.54) is 6.42 Å². The zero-order valence-electron chi connectivity index (χ0n) is 14.6. The molecule has 4 heteroatoms. The van der Waals surface area contributed by atoms with Crippen molar-refractivity contribution in [2.24, 2.45) is 0 Å². The van der Waals surface area contributed by atoms with E-state index in [0.29, 0.717) is 0 Å². The predicted molar refractivity (Wildman–Crippen MR) is 103 cm³/mol.